The first-order valence-corrected chi connectivity index (χ1v) is 6.31. The molecule has 2 unspecified atom stereocenters. The topological polar surface area (TPSA) is 106 Å². The number of hydrogen-bond donors (Lipinski definition) is 3. The lowest BCUT2D eigenvalue weighted by Gasteiger charge is -2.25. The molecular formula is C16H15N2O3. The molecule has 5 N–H and O–H groups in total. The van der Waals surface area contributed by atoms with Crippen molar-refractivity contribution in [2.75, 3.05) is 0 Å². The molecule has 0 saturated carbocycles. The molecule has 107 valence electrons. The molecule has 0 aromatic heterocycles. The number of Topliss-reactive ketones (excluding diaryl/α,β-unsaturated/α-hetero) is 1. The molecule has 2 atom stereocenters. The van der Waals surface area contributed by atoms with Crippen LogP contribution in [0.1, 0.15) is 17.2 Å². The maximum Gasteiger partial charge on any atom is 0.233 e. The summed E-state index contributed by atoms with van der Waals surface area (Å²) in [6, 6.07) is 13.1. The Hall–Kier alpha value is -2.50. The minimum absolute atomic E-state index is 0.00630. The third-order valence-corrected chi connectivity index (χ3v) is 3.31. The monoisotopic (exact) mass is 283 g/mol. The highest BCUT2D eigenvalue weighted by atomic mass is 16.3. The highest BCUT2D eigenvalue weighted by Gasteiger charge is 2.40. The second kappa shape index (κ2) is 5.87. The molecule has 2 aromatic carbocycles. The van der Waals surface area contributed by atoms with Crippen molar-refractivity contribution < 1.29 is 14.7 Å². The molecule has 0 aliphatic carbocycles. The molecule has 0 spiro atoms. The van der Waals surface area contributed by atoms with Crippen molar-refractivity contribution in [2.24, 2.45) is 11.5 Å². The fourth-order valence-corrected chi connectivity index (χ4v) is 2.03. The number of rotatable bonds is 5. The van der Waals surface area contributed by atoms with Crippen LogP contribution in [0.25, 0.3) is 0 Å². The first-order chi connectivity index (χ1) is 9.99. The van der Waals surface area contributed by atoms with Crippen molar-refractivity contribution in [1.29, 1.82) is 0 Å². The molecule has 1 radical (unpaired) electrons. The van der Waals surface area contributed by atoms with Crippen LogP contribution in [0.2, 0.25) is 0 Å². The van der Waals surface area contributed by atoms with Crippen molar-refractivity contribution >= 4 is 12.1 Å². The smallest absolute Gasteiger partial charge is 0.233 e. The maximum absolute atomic E-state index is 12.5. The Morgan fingerprint density at radius 3 is 2.19 bits per heavy atom. The van der Waals surface area contributed by atoms with E-state index in [0.29, 0.717) is 5.56 Å². The maximum atomic E-state index is 12.5. The number of carbonyl (C=O) groups excluding carboxylic acids is 2. The van der Waals surface area contributed by atoms with E-state index in [9.17, 15) is 14.7 Å². The van der Waals surface area contributed by atoms with Gasteiger partial charge in [-0.3, -0.25) is 9.59 Å². The van der Waals surface area contributed by atoms with Gasteiger partial charge in [0.1, 0.15) is 5.75 Å². The summed E-state index contributed by atoms with van der Waals surface area (Å²) in [5.74, 6) is -0.652. The molecule has 0 bridgehead atoms. The van der Waals surface area contributed by atoms with Gasteiger partial charge in [-0.15, -0.1) is 0 Å². The van der Waals surface area contributed by atoms with Crippen LogP contribution in [-0.4, -0.2) is 17.2 Å². The summed E-state index contributed by atoms with van der Waals surface area (Å²) in [5, 5.41) is 9.27. The van der Waals surface area contributed by atoms with E-state index >= 15 is 0 Å². The third kappa shape index (κ3) is 2.84. The van der Waals surface area contributed by atoms with Crippen LogP contribution in [0, 0.1) is 0 Å². The van der Waals surface area contributed by atoms with E-state index in [4.69, 9.17) is 11.5 Å². The summed E-state index contributed by atoms with van der Waals surface area (Å²) in [6.07, 6.45) is 1.58. The van der Waals surface area contributed by atoms with Crippen molar-refractivity contribution in [3.05, 3.63) is 65.7 Å². The number of aromatic hydroxyl groups is 1. The predicted molar refractivity (Wildman–Crippen MR) is 78.0 cm³/mol. The Morgan fingerprint density at radius 2 is 1.67 bits per heavy atom. The Labute approximate surface area is 122 Å². The fourth-order valence-electron chi connectivity index (χ4n) is 2.03. The molecule has 0 amide bonds. The van der Waals surface area contributed by atoms with Gasteiger partial charge in [-0.2, -0.15) is 0 Å². The molecule has 0 heterocycles. The van der Waals surface area contributed by atoms with Crippen LogP contribution < -0.4 is 11.5 Å². The third-order valence-electron chi connectivity index (χ3n) is 3.31. The predicted octanol–water partition coefficient (Wildman–Crippen LogP) is 0.925. The number of ketones is 1. The van der Waals surface area contributed by atoms with Gasteiger partial charge < -0.3 is 16.6 Å². The van der Waals surface area contributed by atoms with Gasteiger partial charge in [0, 0.05) is 0 Å². The van der Waals surface area contributed by atoms with Gasteiger partial charge in [-0.25, -0.2) is 0 Å². The van der Waals surface area contributed by atoms with Gasteiger partial charge in [0.2, 0.25) is 6.29 Å². The van der Waals surface area contributed by atoms with Crippen LogP contribution in [0.5, 0.6) is 5.75 Å². The Kier molecular flexibility index (Phi) is 4.16. The average molecular weight is 283 g/mol. The molecule has 5 heteroatoms. The van der Waals surface area contributed by atoms with Crippen LogP contribution in [-0.2, 0) is 15.1 Å². The van der Waals surface area contributed by atoms with Gasteiger partial charge in [0.25, 0.3) is 0 Å². The van der Waals surface area contributed by atoms with Gasteiger partial charge >= 0.3 is 0 Å². The molecule has 0 aliphatic heterocycles. The largest absolute Gasteiger partial charge is 0.508 e. The second-order valence-corrected chi connectivity index (χ2v) is 4.71. The highest BCUT2D eigenvalue weighted by molar-refractivity contribution is 6.06. The van der Waals surface area contributed by atoms with E-state index in [0.717, 1.165) is 0 Å². The van der Waals surface area contributed by atoms with Crippen molar-refractivity contribution in [1.82, 2.24) is 0 Å². The van der Waals surface area contributed by atoms with E-state index in [1.807, 2.05) is 0 Å². The SMILES string of the molecule is NC(C(=O)C(N)([C]=O)c1ccc(O)cc1)c1ccccc1. The number of hydrogen-bond acceptors (Lipinski definition) is 5. The number of carbonyl (C=O) groups is 1. The zero-order valence-corrected chi connectivity index (χ0v) is 11.2. The summed E-state index contributed by atoms with van der Waals surface area (Å²) >= 11 is 0. The van der Waals surface area contributed by atoms with Gasteiger partial charge in [0.15, 0.2) is 11.3 Å². The Morgan fingerprint density at radius 1 is 1.10 bits per heavy atom. The lowest BCUT2D eigenvalue weighted by Crippen LogP contribution is -2.50. The molecule has 5 nitrogen and oxygen atoms in total. The van der Waals surface area contributed by atoms with Crippen LogP contribution in [0.3, 0.4) is 0 Å². The molecule has 0 fully saturated rings. The average Bonchev–Trinajstić information content (AvgIpc) is 2.54. The van der Waals surface area contributed by atoms with Crippen LogP contribution >= 0.6 is 0 Å². The molecule has 21 heavy (non-hydrogen) atoms. The standard InChI is InChI=1S/C16H15N2O3/c17-14(11-4-2-1-3-5-11)15(21)16(18,10-19)12-6-8-13(20)9-7-12/h1-9,14,20H,17-18H2. The lowest BCUT2D eigenvalue weighted by atomic mass is 9.83. The zero-order valence-electron chi connectivity index (χ0n) is 11.2. The first kappa shape index (κ1) is 14.9. The fraction of sp³-hybridized carbons (Fsp3) is 0.125. The molecule has 2 rings (SSSR count). The van der Waals surface area contributed by atoms with E-state index < -0.39 is 17.4 Å². The second-order valence-electron chi connectivity index (χ2n) is 4.71. The van der Waals surface area contributed by atoms with Crippen molar-refractivity contribution in [2.45, 2.75) is 11.6 Å². The Balaban J connectivity index is 2.38. The first-order valence-electron chi connectivity index (χ1n) is 6.31. The quantitative estimate of drug-likeness (QED) is 0.708. The number of phenolic OH excluding ortho intramolecular Hbond substituents is 1. The van der Waals surface area contributed by atoms with E-state index in [1.54, 1.807) is 36.6 Å². The molecule has 0 saturated heterocycles. The van der Waals surface area contributed by atoms with E-state index in [2.05, 4.69) is 0 Å². The zero-order chi connectivity index (χ0) is 15.5. The number of benzene rings is 2. The molecule has 0 aliphatic rings. The normalized spacial score (nSPS) is 15.0. The van der Waals surface area contributed by atoms with Crippen LogP contribution in [0.15, 0.2) is 54.6 Å². The summed E-state index contributed by atoms with van der Waals surface area (Å²) < 4.78 is 0. The van der Waals surface area contributed by atoms with Gasteiger partial charge in [-0.1, -0.05) is 42.5 Å². The minimum Gasteiger partial charge on any atom is -0.508 e. The molecular weight excluding hydrogens is 268 g/mol. The summed E-state index contributed by atoms with van der Waals surface area (Å²) in [7, 11) is 0. The van der Waals surface area contributed by atoms with Crippen molar-refractivity contribution in [3.63, 3.8) is 0 Å². The summed E-state index contributed by atoms with van der Waals surface area (Å²) in [6.45, 7) is 0. The van der Waals surface area contributed by atoms with Crippen molar-refractivity contribution in [3.8, 4) is 5.75 Å². The Bertz CT molecular complexity index is 640. The summed E-state index contributed by atoms with van der Waals surface area (Å²) in [5.41, 5.74) is 10.6. The minimum atomic E-state index is -1.97. The van der Waals surface area contributed by atoms with E-state index in [1.165, 1.54) is 24.3 Å². The van der Waals surface area contributed by atoms with E-state index in [-0.39, 0.29) is 11.3 Å². The molecule has 2 aromatic rings. The number of nitrogens with two attached hydrogens (primary N) is 2. The lowest BCUT2D eigenvalue weighted by molar-refractivity contribution is -0.123. The van der Waals surface area contributed by atoms with Gasteiger partial charge in [-0.05, 0) is 23.3 Å². The summed E-state index contributed by atoms with van der Waals surface area (Å²) in [4.78, 5) is 23.8. The van der Waals surface area contributed by atoms with Gasteiger partial charge in [0.05, 0.1) is 6.04 Å². The van der Waals surface area contributed by atoms with Crippen LogP contribution in [0.4, 0.5) is 0 Å². The highest BCUT2D eigenvalue weighted by Crippen LogP contribution is 2.25. The number of phenols is 1.